The van der Waals surface area contributed by atoms with E-state index in [-0.39, 0.29) is 24.6 Å². The molecule has 0 saturated heterocycles. The van der Waals surface area contributed by atoms with Crippen molar-refractivity contribution in [3.05, 3.63) is 82.6 Å². The molecule has 3 N–H and O–H groups in total. The molecule has 1 heterocycles. The van der Waals surface area contributed by atoms with Gasteiger partial charge in [0.1, 0.15) is 11.6 Å². The molecule has 0 aliphatic carbocycles. The molecular formula is C24H27F2N3O4. The quantitative estimate of drug-likeness (QED) is 0.408. The predicted octanol–water partition coefficient (Wildman–Crippen LogP) is 3.02. The summed E-state index contributed by atoms with van der Waals surface area (Å²) in [6, 6.07) is 11.6. The van der Waals surface area contributed by atoms with Crippen LogP contribution in [0.25, 0.3) is 0 Å². The summed E-state index contributed by atoms with van der Waals surface area (Å²) in [4.78, 5) is 12.6. The molecule has 0 fully saturated rings. The highest BCUT2D eigenvalue weighted by molar-refractivity contribution is 5.91. The number of aromatic nitrogens is 1. The summed E-state index contributed by atoms with van der Waals surface area (Å²) < 4.78 is 37.2. The number of hydrogen-bond acceptors (Lipinski definition) is 6. The molecule has 176 valence electrons. The lowest BCUT2D eigenvalue weighted by Gasteiger charge is -2.24. The van der Waals surface area contributed by atoms with Gasteiger partial charge in [-0.25, -0.2) is 8.78 Å². The molecular weight excluding hydrogens is 432 g/mol. The average molecular weight is 459 g/mol. The number of hydrogen-bond donors (Lipinski definition) is 3. The van der Waals surface area contributed by atoms with Gasteiger partial charge < -0.3 is 25.0 Å². The average Bonchev–Trinajstić information content (AvgIpc) is 3.27. The number of carbonyl (C=O) groups is 1. The van der Waals surface area contributed by atoms with Crippen LogP contribution in [0.5, 0.6) is 5.88 Å². The maximum atomic E-state index is 13.7. The van der Waals surface area contributed by atoms with Gasteiger partial charge in [-0.2, -0.15) is 0 Å². The van der Waals surface area contributed by atoms with E-state index in [1.54, 1.807) is 0 Å². The third-order valence-electron chi connectivity index (χ3n) is 5.16. The minimum Gasteiger partial charge on any atom is -0.479 e. The van der Waals surface area contributed by atoms with E-state index in [0.717, 1.165) is 30.2 Å². The first kappa shape index (κ1) is 24.3. The summed E-state index contributed by atoms with van der Waals surface area (Å²) >= 11 is 0. The maximum Gasteiger partial charge on any atom is 0.290 e. The van der Waals surface area contributed by atoms with Crippen molar-refractivity contribution in [3.63, 3.8) is 0 Å². The summed E-state index contributed by atoms with van der Waals surface area (Å²) in [5.41, 5.74) is 2.56. The second kappa shape index (κ2) is 11.5. The Balaban J connectivity index is 1.69. The van der Waals surface area contributed by atoms with Gasteiger partial charge >= 0.3 is 0 Å². The van der Waals surface area contributed by atoms with Crippen LogP contribution in [0, 0.1) is 11.6 Å². The molecule has 7 nitrogen and oxygen atoms in total. The summed E-state index contributed by atoms with van der Waals surface area (Å²) in [6.07, 6.45) is -0.138. The fraction of sp³-hybridized carbons (Fsp3) is 0.333. The topological polar surface area (TPSA) is 96.6 Å². The number of carbonyl (C=O) groups excluding carboxylic acids is 1. The Hall–Kier alpha value is -3.30. The van der Waals surface area contributed by atoms with Gasteiger partial charge in [-0.3, -0.25) is 4.79 Å². The van der Waals surface area contributed by atoms with Gasteiger partial charge in [0.15, 0.2) is 0 Å². The molecule has 0 bridgehead atoms. The minimum atomic E-state index is -1.06. The van der Waals surface area contributed by atoms with Crippen molar-refractivity contribution >= 4 is 5.91 Å². The number of methoxy groups -OCH3 is 1. The van der Waals surface area contributed by atoms with Crippen LogP contribution >= 0.6 is 0 Å². The summed E-state index contributed by atoms with van der Waals surface area (Å²) in [5, 5.41) is 20.2. The lowest BCUT2D eigenvalue weighted by Crippen LogP contribution is -2.48. The number of rotatable bonds is 11. The number of halogens is 2. The number of aliphatic hydroxyl groups excluding tert-OH is 1. The van der Waals surface area contributed by atoms with Gasteiger partial charge in [-0.15, -0.1) is 0 Å². The van der Waals surface area contributed by atoms with Gasteiger partial charge in [-0.1, -0.05) is 31.2 Å². The predicted molar refractivity (Wildman–Crippen MR) is 118 cm³/mol. The van der Waals surface area contributed by atoms with E-state index >= 15 is 0 Å². The zero-order valence-electron chi connectivity index (χ0n) is 18.5. The van der Waals surface area contributed by atoms with Crippen LogP contribution in [0.2, 0.25) is 0 Å². The van der Waals surface area contributed by atoms with E-state index in [1.165, 1.54) is 18.7 Å². The molecule has 1 amide bonds. The van der Waals surface area contributed by atoms with Gasteiger partial charge in [-0.05, 0) is 46.8 Å². The summed E-state index contributed by atoms with van der Waals surface area (Å²) in [7, 11) is 1.38. The molecule has 2 atom stereocenters. The van der Waals surface area contributed by atoms with E-state index in [1.807, 2.05) is 18.2 Å². The zero-order valence-corrected chi connectivity index (χ0v) is 18.5. The Morgan fingerprint density at radius 1 is 1.12 bits per heavy atom. The number of aliphatic hydroxyl groups is 1. The van der Waals surface area contributed by atoms with Crippen LogP contribution in [0.4, 0.5) is 8.78 Å². The molecule has 33 heavy (non-hydrogen) atoms. The fourth-order valence-corrected chi connectivity index (χ4v) is 3.43. The summed E-state index contributed by atoms with van der Waals surface area (Å²) in [6.45, 7) is 2.72. The number of aryl methyl sites for hydroxylation is 1. The number of benzene rings is 2. The molecule has 1 aromatic heterocycles. The van der Waals surface area contributed by atoms with E-state index in [0.29, 0.717) is 12.1 Å². The number of nitrogens with zero attached hydrogens (tertiary/aromatic N) is 1. The van der Waals surface area contributed by atoms with Crippen LogP contribution in [-0.4, -0.2) is 42.0 Å². The molecule has 0 aliphatic heterocycles. The van der Waals surface area contributed by atoms with Crippen molar-refractivity contribution in [2.45, 2.75) is 38.5 Å². The molecule has 3 aromatic rings. The number of nitrogens with one attached hydrogen (secondary N) is 2. The van der Waals surface area contributed by atoms with Crippen LogP contribution in [-0.2, 0) is 19.4 Å². The van der Waals surface area contributed by atoms with E-state index in [2.05, 4.69) is 28.8 Å². The molecule has 0 radical (unpaired) electrons. The Kier molecular flexibility index (Phi) is 8.51. The Labute approximate surface area is 190 Å². The standard InChI is InChI=1S/C24H27F2N3O4/c1-3-15-5-4-6-16(7-15)13-27-14-21(30)20(10-17-8-18(25)11-19(26)9-17)28-24(31)22-12-23(32-2)29-33-22/h4-9,11-12,20-21,27,30H,3,10,13-14H2,1-2H3,(H,28,31)/t20-,21-/m0/s1. The normalized spacial score (nSPS) is 12.9. The van der Waals surface area contributed by atoms with Crippen molar-refractivity contribution in [3.8, 4) is 5.88 Å². The largest absolute Gasteiger partial charge is 0.479 e. The monoisotopic (exact) mass is 459 g/mol. The van der Waals surface area contributed by atoms with E-state index in [9.17, 15) is 18.7 Å². The second-order valence-electron chi connectivity index (χ2n) is 7.67. The Bertz CT molecular complexity index is 1050. The Morgan fingerprint density at radius 2 is 1.85 bits per heavy atom. The number of amides is 1. The first-order valence-corrected chi connectivity index (χ1v) is 10.6. The van der Waals surface area contributed by atoms with Gasteiger partial charge in [0, 0.05) is 19.2 Å². The number of ether oxygens (including phenoxy) is 1. The first-order valence-electron chi connectivity index (χ1n) is 10.6. The third-order valence-corrected chi connectivity index (χ3v) is 5.16. The highest BCUT2D eigenvalue weighted by Crippen LogP contribution is 2.14. The van der Waals surface area contributed by atoms with Gasteiger partial charge in [0.25, 0.3) is 11.8 Å². The highest BCUT2D eigenvalue weighted by Gasteiger charge is 2.25. The van der Waals surface area contributed by atoms with E-state index < -0.39 is 29.7 Å². The zero-order chi connectivity index (χ0) is 23.8. The smallest absolute Gasteiger partial charge is 0.290 e. The van der Waals surface area contributed by atoms with Gasteiger partial charge in [0.2, 0.25) is 5.76 Å². The van der Waals surface area contributed by atoms with Crippen molar-refractivity contribution in [1.29, 1.82) is 0 Å². The van der Waals surface area contributed by atoms with Crippen LogP contribution < -0.4 is 15.4 Å². The lowest BCUT2D eigenvalue weighted by molar-refractivity contribution is 0.0796. The van der Waals surface area contributed by atoms with Crippen LogP contribution in [0.1, 0.15) is 34.2 Å². The third kappa shape index (κ3) is 7.10. The molecule has 0 saturated carbocycles. The first-order chi connectivity index (χ1) is 15.9. The highest BCUT2D eigenvalue weighted by atomic mass is 19.1. The Morgan fingerprint density at radius 3 is 2.52 bits per heavy atom. The van der Waals surface area contributed by atoms with Crippen molar-refractivity contribution in [2.75, 3.05) is 13.7 Å². The second-order valence-corrected chi connectivity index (χ2v) is 7.67. The molecule has 0 spiro atoms. The SMILES string of the molecule is CCc1cccc(CNC[C@H](O)[C@H](Cc2cc(F)cc(F)c2)NC(=O)c2cc(OC)no2)c1. The van der Waals surface area contributed by atoms with Crippen molar-refractivity contribution < 1.29 is 27.9 Å². The van der Waals surface area contributed by atoms with Crippen LogP contribution in [0.15, 0.2) is 53.1 Å². The lowest BCUT2D eigenvalue weighted by atomic mass is 10.00. The van der Waals surface area contributed by atoms with Crippen molar-refractivity contribution in [2.24, 2.45) is 0 Å². The maximum absolute atomic E-state index is 13.7. The molecule has 0 unspecified atom stereocenters. The molecule has 9 heteroatoms. The molecule has 0 aliphatic rings. The minimum absolute atomic E-state index is 0.000140. The van der Waals surface area contributed by atoms with Gasteiger partial charge in [0.05, 0.1) is 25.3 Å². The fourth-order valence-electron chi connectivity index (χ4n) is 3.43. The van der Waals surface area contributed by atoms with Crippen LogP contribution in [0.3, 0.4) is 0 Å². The molecule has 2 aromatic carbocycles. The van der Waals surface area contributed by atoms with Crippen molar-refractivity contribution in [1.82, 2.24) is 15.8 Å². The molecule has 3 rings (SSSR count). The van der Waals surface area contributed by atoms with E-state index in [4.69, 9.17) is 9.26 Å². The summed E-state index contributed by atoms with van der Waals surface area (Å²) in [5.74, 6) is -2.10.